The largest absolute Gasteiger partial charge is 0.396 e. The molecule has 0 aromatic heterocycles. The van der Waals surface area contributed by atoms with Crippen molar-refractivity contribution >= 4 is 17.3 Å². The first kappa shape index (κ1) is 18.3. The first-order valence-electron chi connectivity index (χ1n) is 10.1. The lowest BCUT2D eigenvalue weighted by molar-refractivity contribution is -0.166. The summed E-state index contributed by atoms with van der Waals surface area (Å²) in [6, 6.07) is 0. The molecular formula is C21H30FNO3. The number of alkyl halides is 1. The van der Waals surface area contributed by atoms with Crippen LogP contribution in [0.15, 0.2) is 4.99 Å². The average molecular weight is 363 g/mol. The Bertz CT molecular complexity index is 676. The maximum absolute atomic E-state index is 14.3. The van der Waals surface area contributed by atoms with Crippen molar-refractivity contribution in [3.05, 3.63) is 0 Å². The maximum atomic E-state index is 14.3. The topological polar surface area (TPSA) is 66.7 Å². The number of hydrogen-bond donors (Lipinski definition) is 1. The fourth-order valence-corrected chi connectivity index (χ4v) is 7.15. The molecule has 6 unspecified atom stereocenters. The van der Waals surface area contributed by atoms with E-state index < -0.39 is 17.5 Å². The van der Waals surface area contributed by atoms with Crippen molar-refractivity contribution in [2.24, 2.45) is 45.4 Å². The highest BCUT2D eigenvalue weighted by molar-refractivity contribution is 5.95. The second-order valence-corrected chi connectivity index (χ2v) is 9.56. The van der Waals surface area contributed by atoms with Gasteiger partial charge in [-0.1, -0.05) is 13.8 Å². The molecule has 26 heavy (non-hydrogen) atoms. The molecule has 0 saturated heterocycles. The number of aliphatic hydroxyl groups excluding tert-OH is 1. The number of carbonyl (C=O) groups excluding carboxylic acids is 2. The molecule has 4 saturated carbocycles. The SMILES string of the molecule is CN=C1CCC2(C)C3CC[C@]4(C)C(=O)C(F)CC4C3C(=O)[C@H](CO)C2C1. The van der Waals surface area contributed by atoms with Gasteiger partial charge in [0, 0.05) is 30.0 Å². The van der Waals surface area contributed by atoms with Gasteiger partial charge in [-0.05, 0) is 61.7 Å². The smallest absolute Gasteiger partial charge is 0.173 e. The first-order valence-corrected chi connectivity index (χ1v) is 10.1. The summed E-state index contributed by atoms with van der Waals surface area (Å²) in [4.78, 5) is 30.3. The third-order valence-corrected chi connectivity index (χ3v) is 8.76. The zero-order valence-electron chi connectivity index (χ0n) is 16.0. The maximum Gasteiger partial charge on any atom is 0.173 e. The van der Waals surface area contributed by atoms with Crippen LogP contribution < -0.4 is 0 Å². The van der Waals surface area contributed by atoms with Crippen LogP contribution in [0.2, 0.25) is 0 Å². The molecule has 4 aliphatic rings. The lowest BCUT2D eigenvalue weighted by atomic mass is 9.43. The molecule has 1 N–H and O–H groups in total. The summed E-state index contributed by atoms with van der Waals surface area (Å²) in [5.41, 5.74) is 0.390. The summed E-state index contributed by atoms with van der Waals surface area (Å²) in [5.74, 6) is -0.815. The van der Waals surface area contributed by atoms with Gasteiger partial charge in [0.2, 0.25) is 0 Å². The lowest BCUT2D eigenvalue weighted by Gasteiger charge is -2.60. The fraction of sp³-hybridized carbons (Fsp3) is 0.857. The summed E-state index contributed by atoms with van der Waals surface area (Å²) in [5, 5.41) is 10.1. The number of rotatable bonds is 1. The van der Waals surface area contributed by atoms with Gasteiger partial charge in [-0.2, -0.15) is 0 Å². The van der Waals surface area contributed by atoms with E-state index in [4.69, 9.17) is 0 Å². The van der Waals surface area contributed by atoms with Crippen molar-refractivity contribution < 1.29 is 19.1 Å². The molecule has 0 bridgehead atoms. The molecule has 0 aromatic carbocycles. The van der Waals surface area contributed by atoms with Gasteiger partial charge in [0.1, 0.15) is 5.78 Å². The van der Waals surface area contributed by atoms with Crippen LogP contribution in [0, 0.1) is 40.4 Å². The van der Waals surface area contributed by atoms with Gasteiger partial charge in [0.25, 0.3) is 0 Å². The van der Waals surface area contributed by atoms with E-state index in [2.05, 4.69) is 11.9 Å². The molecule has 144 valence electrons. The minimum atomic E-state index is -1.43. The molecule has 8 atom stereocenters. The number of aliphatic imine (C=N–C) groups is 1. The van der Waals surface area contributed by atoms with Crippen LogP contribution in [0.25, 0.3) is 0 Å². The van der Waals surface area contributed by atoms with Gasteiger partial charge in [-0.15, -0.1) is 0 Å². The van der Waals surface area contributed by atoms with Crippen LogP contribution in [0.1, 0.15) is 52.4 Å². The van der Waals surface area contributed by atoms with Gasteiger partial charge in [0.05, 0.1) is 6.61 Å². The lowest BCUT2D eigenvalue weighted by Crippen LogP contribution is -2.61. The second kappa shape index (κ2) is 5.95. The predicted octanol–water partition coefficient (Wildman–Crippen LogP) is 3.01. The number of ketones is 2. The van der Waals surface area contributed by atoms with E-state index >= 15 is 0 Å². The summed E-state index contributed by atoms with van der Waals surface area (Å²) < 4.78 is 14.3. The number of nitrogens with zero attached hydrogens (tertiary/aromatic N) is 1. The van der Waals surface area contributed by atoms with Crippen LogP contribution in [0.4, 0.5) is 4.39 Å². The molecule has 0 spiro atoms. The normalized spacial score (nSPS) is 52.6. The van der Waals surface area contributed by atoms with E-state index in [1.807, 2.05) is 6.92 Å². The number of Topliss-reactive ketones (excluding diaryl/α,β-unsaturated/α-hetero) is 2. The molecule has 5 heteroatoms. The third kappa shape index (κ3) is 2.18. The van der Waals surface area contributed by atoms with Crippen LogP contribution >= 0.6 is 0 Å². The van der Waals surface area contributed by atoms with Gasteiger partial charge >= 0.3 is 0 Å². The minimum Gasteiger partial charge on any atom is -0.396 e. The van der Waals surface area contributed by atoms with Crippen LogP contribution in [0.3, 0.4) is 0 Å². The zero-order valence-corrected chi connectivity index (χ0v) is 16.0. The Morgan fingerprint density at radius 3 is 2.58 bits per heavy atom. The van der Waals surface area contributed by atoms with Crippen molar-refractivity contribution in [1.29, 1.82) is 0 Å². The van der Waals surface area contributed by atoms with Crippen molar-refractivity contribution in [3.63, 3.8) is 0 Å². The van der Waals surface area contributed by atoms with Gasteiger partial charge < -0.3 is 5.11 Å². The first-order chi connectivity index (χ1) is 12.3. The highest BCUT2D eigenvalue weighted by Crippen LogP contribution is 2.65. The minimum absolute atomic E-state index is 0.0427. The van der Waals surface area contributed by atoms with Gasteiger partial charge in [-0.3, -0.25) is 14.6 Å². The van der Waals surface area contributed by atoms with Crippen LogP contribution in [0.5, 0.6) is 0 Å². The average Bonchev–Trinajstić information content (AvgIpc) is 2.86. The standard InChI is InChI=1S/C21H30FNO3/c1-20-6-4-11(23-3)8-14(20)12(10-24)18(25)17-13(20)5-7-21(2)15(17)9-16(22)19(21)26/h12-17,24H,4-10H2,1-3H3/t12-,13?,14?,15?,16?,17?,20?,21+/m1/s1. The summed E-state index contributed by atoms with van der Waals surface area (Å²) in [6.45, 7) is 3.98. The molecule has 0 heterocycles. The molecule has 4 rings (SSSR count). The Morgan fingerprint density at radius 1 is 1.19 bits per heavy atom. The van der Waals surface area contributed by atoms with E-state index in [9.17, 15) is 19.1 Å². The van der Waals surface area contributed by atoms with Gasteiger partial charge in [0.15, 0.2) is 12.0 Å². The Balaban J connectivity index is 1.76. The van der Waals surface area contributed by atoms with E-state index in [-0.39, 0.29) is 53.7 Å². The number of aliphatic hydroxyl groups is 1. The third-order valence-electron chi connectivity index (χ3n) is 8.76. The predicted molar refractivity (Wildman–Crippen MR) is 96.7 cm³/mol. The van der Waals surface area contributed by atoms with E-state index in [1.165, 1.54) is 0 Å². The highest BCUT2D eigenvalue weighted by Gasteiger charge is 2.66. The molecule has 0 aromatic rings. The van der Waals surface area contributed by atoms with E-state index in [0.29, 0.717) is 6.42 Å². The number of hydrogen-bond acceptors (Lipinski definition) is 4. The summed E-state index contributed by atoms with van der Waals surface area (Å²) >= 11 is 0. The monoisotopic (exact) mass is 363 g/mol. The number of fused-ring (bicyclic) bond motifs is 5. The van der Waals surface area contributed by atoms with Crippen molar-refractivity contribution in [2.75, 3.05) is 13.7 Å². The molecule has 0 radical (unpaired) electrons. The van der Waals surface area contributed by atoms with E-state index in [0.717, 1.165) is 31.4 Å². The molecule has 0 aliphatic heterocycles. The molecule has 4 nitrogen and oxygen atoms in total. The molecule has 4 aliphatic carbocycles. The fourth-order valence-electron chi connectivity index (χ4n) is 7.15. The molecular weight excluding hydrogens is 333 g/mol. The molecule has 0 amide bonds. The Hall–Kier alpha value is -1.10. The van der Waals surface area contributed by atoms with E-state index in [1.54, 1.807) is 7.05 Å². The highest BCUT2D eigenvalue weighted by atomic mass is 19.1. The van der Waals surface area contributed by atoms with Crippen molar-refractivity contribution in [3.8, 4) is 0 Å². The quantitative estimate of drug-likeness (QED) is 0.779. The van der Waals surface area contributed by atoms with Crippen molar-refractivity contribution in [1.82, 2.24) is 0 Å². The Labute approximate surface area is 154 Å². The van der Waals surface area contributed by atoms with Crippen LogP contribution in [-0.2, 0) is 9.59 Å². The second-order valence-electron chi connectivity index (χ2n) is 9.56. The number of halogens is 1. The van der Waals surface area contributed by atoms with Crippen LogP contribution in [-0.4, -0.2) is 42.2 Å². The molecule has 4 fully saturated rings. The van der Waals surface area contributed by atoms with Gasteiger partial charge in [-0.25, -0.2) is 4.39 Å². The number of carbonyl (C=O) groups is 2. The zero-order chi connectivity index (χ0) is 18.9. The Kier molecular flexibility index (Phi) is 4.18. The van der Waals surface area contributed by atoms with Crippen molar-refractivity contribution in [2.45, 2.75) is 58.5 Å². The summed E-state index contributed by atoms with van der Waals surface area (Å²) in [6.07, 6.45) is 2.93. The summed E-state index contributed by atoms with van der Waals surface area (Å²) in [7, 11) is 1.80. The Morgan fingerprint density at radius 2 is 1.92 bits per heavy atom.